The number of halogens is 2. The Morgan fingerprint density at radius 2 is 2.00 bits per heavy atom. The maximum absolute atomic E-state index is 12.0. The Bertz CT molecular complexity index is 676. The Kier molecular flexibility index (Phi) is 4.50. The van der Waals surface area contributed by atoms with Gasteiger partial charge in [-0.3, -0.25) is 14.9 Å². The third kappa shape index (κ3) is 3.42. The summed E-state index contributed by atoms with van der Waals surface area (Å²) in [5, 5.41) is 13.2. The third-order valence-corrected chi connectivity index (χ3v) is 3.40. The zero-order valence-electron chi connectivity index (χ0n) is 9.84. The van der Waals surface area contributed by atoms with E-state index in [2.05, 4.69) is 32.9 Å². The number of nitrogens with zero attached hydrogens (tertiary/aromatic N) is 2. The Morgan fingerprint density at radius 1 is 1.35 bits per heavy atom. The summed E-state index contributed by atoms with van der Waals surface area (Å²) in [4.78, 5) is 25.7. The van der Waals surface area contributed by atoms with Gasteiger partial charge in [0.15, 0.2) is 0 Å². The Balaban J connectivity index is 2.26. The number of nitro groups is 1. The van der Waals surface area contributed by atoms with E-state index in [0.29, 0.717) is 5.69 Å². The minimum atomic E-state index is -0.634. The lowest BCUT2D eigenvalue weighted by Gasteiger charge is -2.06. The maximum Gasteiger partial charge on any atom is 0.288 e. The van der Waals surface area contributed by atoms with Gasteiger partial charge < -0.3 is 5.32 Å². The van der Waals surface area contributed by atoms with Gasteiger partial charge in [-0.25, -0.2) is 4.98 Å². The molecule has 1 heterocycles. The van der Waals surface area contributed by atoms with Crippen LogP contribution in [0.3, 0.4) is 0 Å². The van der Waals surface area contributed by atoms with E-state index in [0.717, 1.165) is 15.8 Å². The van der Waals surface area contributed by atoms with Crippen molar-refractivity contribution < 1.29 is 9.72 Å². The molecule has 6 nitrogen and oxygen atoms in total. The van der Waals surface area contributed by atoms with Gasteiger partial charge in [-0.05, 0) is 46.9 Å². The van der Waals surface area contributed by atoms with Crippen LogP contribution in [0.5, 0.6) is 0 Å². The summed E-state index contributed by atoms with van der Waals surface area (Å²) >= 11 is 7.93. The Hall–Kier alpha value is -1.74. The van der Waals surface area contributed by atoms with Gasteiger partial charge in [0.2, 0.25) is 0 Å². The van der Waals surface area contributed by atoms with Gasteiger partial charge in [0.1, 0.15) is 11.3 Å². The van der Waals surface area contributed by atoms with Crippen LogP contribution >= 0.6 is 34.2 Å². The lowest BCUT2D eigenvalue weighted by molar-refractivity contribution is -0.385. The summed E-state index contributed by atoms with van der Waals surface area (Å²) in [5.74, 6) is -0.549. The van der Waals surface area contributed by atoms with Gasteiger partial charge in [-0.1, -0.05) is 11.6 Å². The van der Waals surface area contributed by atoms with Gasteiger partial charge in [0.05, 0.1) is 10.5 Å². The molecule has 0 radical (unpaired) electrons. The van der Waals surface area contributed by atoms with Crippen LogP contribution < -0.4 is 5.32 Å². The van der Waals surface area contributed by atoms with E-state index in [-0.39, 0.29) is 16.4 Å². The van der Waals surface area contributed by atoms with Crippen LogP contribution in [-0.2, 0) is 0 Å². The molecular weight excluding hydrogens is 397 g/mol. The first-order valence-corrected chi connectivity index (χ1v) is 6.80. The zero-order chi connectivity index (χ0) is 14.7. The molecule has 0 saturated heterocycles. The molecule has 0 fully saturated rings. The van der Waals surface area contributed by atoms with Crippen molar-refractivity contribution in [1.82, 2.24) is 4.98 Å². The highest BCUT2D eigenvalue weighted by atomic mass is 127. The molecule has 0 bridgehead atoms. The molecule has 1 N–H and O–H groups in total. The van der Waals surface area contributed by atoms with Gasteiger partial charge in [-0.2, -0.15) is 0 Å². The molecule has 1 aromatic carbocycles. The first-order valence-electron chi connectivity index (χ1n) is 5.34. The Morgan fingerprint density at radius 3 is 2.60 bits per heavy atom. The molecule has 2 rings (SSSR count). The number of carbonyl (C=O) groups is 1. The van der Waals surface area contributed by atoms with Crippen LogP contribution in [0, 0.1) is 13.7 Å². The smallest absolute Gasteiger partial charge is 0.288 e. The standard InChI is InChI=1S/C12H7ClIN3O3/c13-11-10(5-9(6-15-11)17(19)20)12(18)16-8-3-1-7(14)2-4-8/h1-6H,(H,16,18). The van der Waals surface area contributed by atoms with Gasteiger partial charge >= 0.3 is 0 Å². The molecule has 102 valence electrons. The normalized spacial score (nSPS) is 10.1. The second-order valence-corrected chi connectivity index (χ2v) is 5.35. The van der Waals surface area contributed by atoms with E-state index >= 15 is 0 Å². The zero-order valence-corrected chi connectivity index (χ0v) is 12.8. The summed E-state index contributed by atoms with van der Waals surface area (Å²) in [6, 6.07) is 8.18. The molecule has 1 aromatic heterocycles. The van der Waals surface area contributed by atoms with Crippen LogP contribution in [0.15, 0.2) is 36.5 Å². The van der Waals surface area contributed by atoms with E-state index in [1.54, 1.807) is 12.1 Å². The number of aromatic nitrogens is 1. The second-order valence-electron chi connectivity index (χ2n) is 3.75. The summed E-state index contributed by atoms with van der Waals surface area (Å²) in [7, 11) is 0. The van der Waals surface area contributed by atoms with E-state index in [1.165, 1.54) is 0 Å². The highest BCUT2D eigenvalue weighted by Crippen LogP contribution is 2.20. The molecule has 0 aliphatic carbocycles. The topological polar surface area (TPSA) is 85.1 Å². The quantitative estimate of drug-likeness (QED) is 0.368. The van der Waals surface area contributed by atoms with Crippen LogP contribution in [0.1, 0.15) is 10.4 Å². The first-order chi connectivity index (χ1) is 9.47. The predicted molar refractivity (Wildman–Crippen MR) is 83.0 cm³/mol. The summed E-state index contributed by atoms with van der Waals surface area (Å²) in [6.45, 7) is 0. The monoisotopic (exact) mass is 403 g/mol. The largest absolute Gasteiger partial charge is 0.322 e. The van der Waals surface area contributed by atoms with Gasteiger partial charge in [0, 0.05) is 15.3 Å². The number of hydrogen-bond acceptors (Lipinski definition) is 4. The lowest BCUT2D eigenvalue weighted by Crippen LogP contribution is -2.13. The molecule has 1 amide bonds. The number of amides is 1. The molecule has 0 aliphatic rings. The third-order valence-electron chi connectivity index (χ3n) is 2.38. The van der Waals surface area contributed by atoms with Crippen molar-refractivity contribution >= 4 is 51.5 Å². The summed E-state index contributed by atoms with van der Waals surface area (Å²) in [6.07, 6.45) is 1.00. The van der Waals surface area contributed by atoms with Crippen LogP contribution in [-0.4, -0.2) is 15.8 Å². The fourth-order valence-electron chi connectivity index (χ4n) is 1.43. The minimum absolute atomic E-state index is 0.0422. The predicted octanol–water partition coefficient (Wildman–Crippen LogP) is 3.50. The van der Waals surface area contributed by atoms with Crippen molar-refractivity contribution in [2.45, 2.75) is 0 Å². The molecular formula is C12H7ClIN3O3. The van der Waals surface area contributed by atoms with Crippen LogP contribution in [0.2, 0.25) is 5.15 Å². The first kappa shape index (κ1) is 14.7. The van der Waals surface area contributed by atoms with Crippen LogP contribution in [0.4, 0.5) is 11.4 Å². The minimum Gasteiger partial charge on any atom is -0.322 e. The van der Waals surface area contributed by atoms with E-state index < -0.39 is 10.8 Å². The van der Waals surface area contributed by atoms with Crippen molar-refractivity contribution in [2.75, 3.05) is 5.32 Å². The highest BCUT2D eigenvalue weighted by Gasteiger charge is 2.17. The average molecular weight is 404 g/mol. The van der Waals surface area contributed by atoms with Gasteiger partial charge in [0.25, 0.3) is 11.6 Å². The number of pyridine rings is 1. The SMILES string of the molecule is O=C(Nc1ccc(I)cc1)c1cc([N+](=O)[O-])cnc1Cl. The molecule has 0 atom stereocenters. The summed E-state index contributed by atoms with van der Waals surface area (Å²) < 4.78 is 1.02. The number of carbonyl (C=O) groups excluding carboxylic acids is 1. The number of benzene rings is 1. The molecule has 2 aromatic rings. The van der Waals surface area contributed by atoms with E-state index in [1.807, 2.05) is 12.1 Å². The summed E-state index contributed by atoms with van der Waals surface area (Å²) in [5.41, 5.74) is 0.236. The molecule has 0 aliphatic heterocycles. The van der Waals surface area contributed by atoms with Crippen molar-refractivity contribution in [3.05, 3.63) is 60.9 Å². The number of anilines is 1. The van der Waals surface area contributed by atoms with Crippen LogP contribution in [0.25, 0.3) is 0 Å². The Labute approximate surface area is 132 Å². The average Bonchev–Trinajstić information content (AvgIpc) is 2.41. The number of nitrogens with one attached hydrogen (secondary N) is 1. The lowest BCUT2D eigenvalue weighted by atomic mass is 10.2. The fraction of sp³-hybridized carbons (Fsp3) is 0. The maximum atomic E-state index is 12.0. The number of rotatable bonds is 3. The van der Waals surface area contributed by atoms with Crippen molar-refractivity contribution in [3.8, 4) is 0 Å². The molecule has 8 heteroatoms. The van der Waals surface area contributed by atoms with Crippen molar-refractivity contribution in [3.63, 3.8) is 0 Å². The highest BCUT2D eigenvalue weighted by molar-refractivity contribution is 14.1. The van der Waals surface area contributed by atoms with Gasteiger partial charge in [-0.15, -0.1) is 0 Å². The van der Waals surface area contributed by atoms with Crippen molar-refractivity contribution in [1.29, 1.82) is 0 Å². The van der Waals surface area contributed by atoms with Crippen molar-refractivity contribution in [2.24, 2.45) is 0 Å². The number of hydrogen-bond donors (Lipinski definition) is 1. The second kappa shape index (κ2) is 6.14. The molecule has 20 heavy (non-hydrogen) atoms. The molecule has 0 spiro atoms. The van der Waals surface area contributed by atoms with E-state index in [9.17, 15) is 14.9 Å². The molecule has 0 saturated carbocycles. The van der Waals surface area contributed by atoms with E-state index in [4.69, 9.17) is 11.6 Å². The fourth-order valence-corrected chi connectivity index (χ4v) is 1.98. The molecule has 0 unspecified atom stereocenters.